The molecule has 1 aromatic heterocycles. The Morgan fingerprint density at radius 1 is 1.37 bits per heavy atom. The summed E-state index contributed by atoms with van der Waals surface area (Å²) in [5.74, 6) is -3.08. The molecule has 6 nitrogen and oxygen atoms in total. The van der Waals surface area contributed by atoms with Crippen LogP contribution in [0.2, 0.25) is 0 Å². The quantitative estimate of drug-likeness (QED) is 0.649. The molecule has 0 bridgehead atoms. The van der Waals surface area contributed by atoms with Crippen molar-refractivity contribution >= 4 is 34.1 Å². The zero-order valence-corrected chi connectivity index (χ0v) is 16.0. The molecule has 0 radical (unpaired) electrons. The van der Waals surface area contributed by atoms with Gasteiger partial charge in [-0.25, -0.2) is 13.8 Å². The summed E-state index contributed by atoms with van der Waals surface area (Å²) in [5, 5.41) is 12.1. The minimum absolute atomic E-state index is 0.0100. The van der Waals surface area contributed by atoms with Gasteiger partial charge >= 0.3 is 11.9 Å². The Labute approximate surface area is 159 Å². The number of benzene rings is 1. The van der Waals surface area contributed by atoms with Gasteiger partial charge in [0.1, 0.15) is 17.0 Å². The molecule has 0 spiro atoms. The van der Waals surface area contributed by atoms with Crippen LogP contribution < -0.4 is 5.32 Å². The Bertz CT molecular complexity index is 856. The number of hydrogen-bond acceptors (Lipinski definition) is 6. The fourth-order valence-corrected chi connectivity index (χ4v) is 3.59. The largest absolute Gasteiger partial charge is 0.481 e. The highest BCUT2D eigenvalue weighted by molar-refractivity contribution is 7.15. The standard InChI is InChI=1S/C18H20F2N2O4S/c1-4-26-16(25)18(3,8-7-14(23)24)15-10(2)27-17(22-15)21-13-6-5-11(19)9-12(13)20/h5-6,9H,4,7-8H2,1-3H3,(H,21,22)(H,23,24). The number of aliphatic carboxylic acids is 1. The smallest absolute Gasteiger partial charge is 0.317 e. The van der Waals surface area contributed by atoms with Crippen LogP contribution in [0.15, 0.2) is 18.2 Å². The summed E-state index contributed by atoms with van der Waals surface area (Å²) >= 11 is 1.18. The normalized spacial score (nSPS) is 13.1. The van der Waals surface area contributed by atoms with E-state index in [4.69, 9.17) is 9.84 Å². The molecule has 0 fully saturated rings. The molecular weight excluding hydrogens is 378 g/mol. The predicted molar refractivity (Wildman–Crippen MR) is 97.3 cm³/mol. The number of anilines is 2. The number of rotatable bonds is 8. The Balaban J connectivity index is 2.36. The maximum Gasteiger partial charge on any atom is 0.317 e. The van der Waals surface area contributed by atoms with Crippen LogP contribution in [0.1, 0.15) is 37.3 Å². The van der Waals surface area contributed by atoms with Crippen LogP contribution >= 0.6 is 11.3 Å². The first-order valence-electron chi connectivity index (χ1n) is 8.26. The maximum atomic E-state index is 13.9. The van der Waals surface area contributed by atoms with Gasteiger partial charge in [-0.1, -0.05) is 0 Å². The molecule has 2 aromatic rings. The second-order valence-electron chi connectivity index (χ2n) is 6.12. The Hall–Kier alpha value is -2.55. The van der Waals surface area contributed by atoms with Crippen LogP contribution in [0.4, 0.5) is 19.6 Å². The first-order chi connectivity index (χ1) is 12.7. The van der Waals surface area contributed by atoms with Crippen molar-refractivity contribution in [2.75, 3.05) is 11.9 Å². The first kappa shape index (κ1) is 20.8. The van der Waals surface area contributed by atoms with Crippen molar-refractivity contribution in [3.8, 4) is 0 Å². The molecule has 0 saturated heterocycles. The Kier molecular flexibility index (Phi) is 6.48. The van der Waals surface area contributed by atoms with Gasteiger partial charge in [0.25, 0.3) is 0 Å². The highest BCUT2D eigenvalue weighted by Gasteiger charge is 2.41. The van der Waals surface area contributed by atoms with Gasteiger partial charge in [0.15, 0.2) is 5.13 Å². The van der Waals surface area contributed by atoms with Crippen molar-refractivity contribution in [3.63, 3.8) is 0 Å². The number of halogens is 2. The molecule has 2 rings (SSSR count). The lowest BCUT2D eigenvalue weighted by Crippen LogP contribution is -2.36. The van der Waals surface area contributed by atoms with Crippen LogP contribution in [0.5, 0.6) is 0 Å². The third-order valence-electron chi connectivity index (χ3n) is 4.06. The summed E-state index contributed by atoms with van der Waals surface area (Å²) in [6.45, 7) is 5.12. The third-order valence-corrected chi connectivity index (χ3v) is 4.94. The van der Waals surface area contributed by atoms with E-state index in [1.54, 1.807) is 20.8 Å². The fourth-order valence-electron chi connectivity index (χ4n) is 2.63. The van der Waals surface area contributed by atoms with Gasteiger partial charge in [-0.05, 0) is 39.3 Å². The van der Waals surface area contributed by atoms with E-state index in [2.05, 4.69) is 10.3 Å². The summed E-state index contributed by atoms with van der Waals surface area (Å²) in [6.07, 6.45) is -0.224. The number of aryl methyl sites for hydroxylation is 1. The number of nitrogens with zero attached hydrogens (tertiary/aromatic N) is 1. The van der Waals surface area contributed by atoms with Crippen molar-refractivity contribution < 1.29 is 28.2 Å². The fraction of sp³-hybridized carbons (Fsp3) is 0.389. The molecule has 1 aromatic carbocycles. The van der Waals surface area contributed by atoms with Crippen molar-refractivity contribution in [1.82, 2.24) is 4.98 Å². The minimum Gasteiger partial charge on any atom is -0.481 e. The van der Waals surface area contributed by atoms with E-state index < -0.39 is 29.0 Å². The molecule has 0 aliphatic carbocycles. The predicted octanol–water partition coefficient (Wildman–Crippen LogP) is 4.16. The molecule has 9 heteroatoms. The molecule has 0 aliphatic heterocycles. The van der Waals surface area contributed by atoms with Crippen LogP contribution in [0.25, 0.3) is 0 Å². The summed E-state index contributed by atoms with van der Waals surface area (Å²) in [4.78, 5) is 28.6. The van der Waals surface area contributed by atoms with E-state index in [0.717, 1.165) is 12.1 Å². The summed E-state index contributed by atoms with van der Waals surface area (Å²) in [7, 11) is 0. The molecule has 27 heavy (non-hydrogen) atoms. The lowest BCUT2D eigenvalue weighted by Gasteiger charge is -2.25. The van der Waals surface area contributed by atoms with Gasteiger partial charge in [-0.2, -0.15) is 0 Å². The zero-order chi connectivity index (χ0) is 20.2. The molecular formula is C18H20F2N2O4S. The second-order valence-corrected chi connectivity index (χ2v) is 7.32. The number of nitrogens with one attached hydrogen (secondary N) is 1. The molecule has 0 amide bonds. The van der Waals surface area contributed by atoms with Crippen molar-refractivity contribution in [1.29, 1.82) is 0 Å². The number of carbonyl (C=O) groups excluding carboxylic acids is 1. The van der Waals surface area contributed by atoms with Gasteiger partial charge in [0.2, 0.25) is 0 Å². The van der Waals surface area contributed by atoms with Gasteiger partial charge in [-0.3, -0.25) is 9.59 Å². The second kappa shape index (κ2) is 8.43. The van der Waals surface area contributed by atoms with E-state index in [1.165, 1.54) is 17.4 Å². The molecule has 1 heterocycles. The van der Waals surface area contributed by atoms with Gasteiger partial charge in [-0.15, -0.1) is 11.3 Å². The van der Waals surface area contributed by atoms with Gasteiger partial charge in [0, 0.05) is 17.4 Å². The lowest BCUT2D eigenvalue weighted by atomic mass is 9.81. The van der Waals surface area contributed by atoms with Crippen LogP contribution in [-0.2, 0) is 19.7 Å². The van der Waals surface area contributed by atoms with Gasteiger partial charge in [0.05, 0.1) is 18.0 Å². The first-order valence-corrected chi connectivity index (χ1v) is 9.08. The number of carboxylic acids is 1. The zero-order valence-electron chi connectivity index (χ0n) is 15.1. The molecule has 2 N–H and O–H groups in total. The van der Waals surface area contributed by atoms with Crippen molar-refractivity contribution in [2.24, 2.45) is 0 Å². The molecule has 0 saturated carbocycles. The summed E-state index contributed by atoms with van der Waals surface area (Å²) in [5.41, 5.74) is -0.840. The average Bonchev–Trinajstić information content (AvgIpc) is 2.96. The number of carbonyl (C=O) groups is 2. The number of aromatic nitrogens is 1. The number of esters is 1. The summed E-state index contributed by atoms with van der Waals surface area (Å²) < 4.78 is 32.0. The highest BCUT2D eigenvalue weighted by atomic mass is 32.1. The maximum absolute atomic E-state index is 13.9. The third kappa shape index (κ3) is 4.79. The monoisotopic (exact) mass is 398 g/mol. The highest BCUT2D eigenvalue weighted by Crippen LogP contribution is 2.37. The van der Waals surface area contributed by atoms with E-state index in [0.29, 0.717) is 15.7 Å². The van der Waals surface area contributed by atoms with Crippen LogP contribution in [-0.4, -0.2) is 28.6 Å². The number of carboxylic acid groups (broad SMARTS) is 1. The van der Waals surface area contributed by atoms with Crippen LogP contribution in [0, 0.1) is 18.6 Å². The Morgan fingerprint density at radius 3 is 2.67 bits per heavy atom. The molecule has 146 valence electrons. The molecule has 1 unspecified atom stereocenters. The van der Waals surface area contributed by atoms with E-state index in [1.807, 2.05) is 0 Å². The number of thiazole rings is 1. The van der Waals surface area contributed by atoms with Crippen LogP contribution in [0.3, 0.4) is 0 Å². The summed E-state index contributed by atoms with van der Waals surface area (Å²) in [6, 6.07) is 3.11. The number of hydrogen-bond donors (Lipinski definition) is 2. The average molecular weight is 398 g/mol. The van der Waals surface area contributed by atoms with Gasteiger partial charge < -0.3 is 15.2 Å². The van der Waals surface area contributed by atoms with Crippen molar-refractivity contribution in [2.45, 2.75) is 39.0 Å². The number of ether oxygens (including phenoxy) is 1. The van der Waals surface area contributed by atoms with E-state index in [-0.39, 0.29) is 25.1 Å². The lowest BCUT2D eigenvalue weighted by molar-refractivity contribution is -0.150. The molecule has 1 atom stereocenters. The topological polar surface area (TPSA) is 88.5 Å². The SMILES string of the molecule is CCOC(=O)C(C)(CCC(=O)O)c1nc(Nc2ccc(F)cc2F)sc1C. The molecule has 0 aliphatic rings. The Morgan fingerprint density at radius 2 is 2.07 bits per heavy atom. The minimum atomic E-state index is -1.25. The van der Waals surface area contributed by atoms with Crippen molar-refractivity contribution in [3.05, 3.63) is 40.4 Å². The van der Waals surface area contributed by atoms with E-state index >= 15 is 0 Å². The van der Waals surface area contributed by atoms with E-state index in [9.17, 15) is 18.4 Å².